The third kappa shape index (κ3) is 2.74. The fourth-order valence-electron chi connectivity index (χ4n) is 1.05. The Morgan fingerprint density at radius 1 is 1.31 bits per heavy atom. The number of amidine groups is 1. The highest BCUT2D eigenvalue weighted by atomic mass is 35.5. The van der Waals surface area contributed by atoms with Crippen LogP contribution in [0.1, 0.15) is 10.4 Å². The van der Waals surface area contributed by atoms with Crippen LogP contribution in [0.4, 0.5) is 5.69 Å². The van der Waals surface area contributed by atoms with Gasteiger partial charge in [0, 0.05) is 6.20 Å². The molecule has 0 aliphatic carbocycles. The van der Waals surface area contributed by atoms with Crippen molar-refractivity contribution in [1.29, 1.82) is 0 Å². The van der Waals surface area contributed by atoms with Gasteiger partial charge in [-0.3, -0.25) is 4.79 Å². The lowest BCUT2D eigenvalue weighted by Crippen LogP contribution is -2.14. The molecule has 0 spiro atoms. The largest absolute Gasteiger partial charge is 0.403 e. The van der Waals surface area contributed by atoms with Gasteiger partial charge in [-0.15, -0.1) is 0 Å². The number of hydrogen-bond acceptors (Lipinski definition) is 3. The lowest BCUT2D eigenvalue weighted by Gasteiger charge is -2.02. The number of benzene rings is 1. The number of amides is 1. The van der Waals surface area contributed by atoms with Crippen molar-refractivity contribution in [2.75, 3.05) is 0 Å². The van der Waals surface area contributed by atoms with Crippen molar-refractivity contribution in [2.24, 2.45) is 22.2 Å². The summed E-state index contributed by atoms with van der Waals surface area (Å²) in [6.07, 6.45) is 1.12. The number of hydrogen-bond donors (Lipinski definition) is 3. The Balaban J connectivity index is 3.20. The number of primary amides is 1. The lowest BCUT2D eigenvalue weighted by molar-refractivity contribution is 0.100. The third-order valence-corrected chi connectivity index (χ3v) is 2.12. The molecule has 0 aliphatic rings. The van der Waals surface area contributed by atoms with Gasteiger partial charge in [-0.05, 0) is 12.1 Å². The van der Waals surface area contributed by atoms with Crippen molar-refractivity contribution in [3.63, 3.8) is 0 Å². The molecule has 1 amide bonds. The quantitative estimate of drug-likeness (QED) is 0.536. The van der Waals surface area contributed by atoms with Gasteiger partial charge in [-0.1, -0.05) is 23.7 Å². The van der Waals surface area contributed by atoms with Gasteiger partial charge in [0.2, 0.25) is 0 Å². The topological polar surface area (TPSA) is 107 Å². The van der Waals surface area contributed by atoms with Crippen molar-refractivity contribution < 1.29 is 4.79 Å². The second-order valence-corrected chi connectivity index (χ2v) is 3.30. The summed E-state index contributed by atoms with van der Waals surface area (Å²) in [4.78, 5) is 15.0. The number of aliphatic imine (C=N–C) groups is 1. The molecule has 0 heterocycles. The first-order chi connectivity index (χ1) is 7.56. The third-order valence-electron chi connectivity index (χ3n) is 1.80. The molecule has 6 N–H and O–H groups in total. The van der Waals surface area contributed by atoms with E-state index in [4.69, 9.17) is 28.8 Å². The van der Waals surface area contributed by atoms with E-state index in [1.54, 1.807) is 24.3 Å². The van der Waals surface area contributed by atoms with Gasteiger partial charge < -0.3 is 17.2 Å². The zero-order chi connectivity index (χ0) is 12.1. The highest BCUT2D eigenvalue weighted by Gasteiger charge is 2.07. The maximum atomic E-state index is 11.1. The molecule has 0 radical (unpaired) electrons. The van der Waals surface area contributed by atoms with Gasteiger partial charge in [-0.25, -0.2) is 4.99 Å². The number of nitrogens with two attached hydrogens (primary N) is 3. The van der Waals surface area contributed by atoms with Gasteiger partial charge in [0.05, 0.1) is 16.3 Å². The SMILES string of the molecule is NC=C(Cl)C(N)=Nc1ccccc1C(N)=O. The molecule has 0 saturated carbocycles. The summed E-state index contributed by atoms with van der Waals surface area (Å²) in [5.74, 6) is -0.558. The molecular weight excluding hydrogens is 228 g/mol. The number of halogens is 1. The molecule has 1 rings (SSSR count). The van der Waals surface area contributed by atoms with E-state index in [-0.39, 0.29) is 16.4 Å². The van der Waals surface area contributed by atoms with E-state index >= 15 is 0 Å². The Labute approximate surface area is 97.6 Å². The molecule has 0 aliphatic heterocycles. The summed E-state index contributed by atoms with van der Waals surface area (Å²) in [7, 11) is 0. The van der Waals surface area contributed by atoms with Gasteiger partial charge in [-0.2, -0.15) is 0 Å². The molecule has 84 valence electrons. The van der Waals surface area contributed by atoms with Crippen LogP contribution in [0.2, 0.25) is 0 Å². The first-order valence-corrected chi connectivity index (χ1v) is 4.74. The Bertz CT molecular complexity index is 468. The number of nitrogens with zero attached hydrogens (tertiary/aromatic N) is 1. The van der Waals surface area contributed by atoms with Gasteiger partial charge in [0.25, 0.3) is 5.91 Å². The predicted octanol–water partition coefficient (Wildman–Crippen LogP) is 0.813. The highest BCUT2D eigenvalue weighted by Crippen LogP contribution is 2.19. The molecule has 0 unspecified atom stereocenters. The fraction of sp³-hybridized carbons (Fsp3) is 0. The Morgan fingerprint density at radius 2 is 1.94 bits per heavy atom. The standard InChI is InChI=1S/C10H11ClN4O/c11-7(5-12)9(13)15-8-4-2-1-3-6(8)10(14)16/h1-5H,12H2,(H2,13,15)(H2,14,16). The van der Waals surface area contributed by atoms with Crippen LogP contribution in [0.25, 0.3) is 0 Å². The smallest absolute Gasteiger partial charge is 0.250 e. The van der Waals surface area contributed by atoms with Crippen LogP contribution in [0.3, 0.4) is 0 Å². The Kier molecular flexibility index (Phi) is 3.90. The molecule has 5 nitrogen and oxygen atoms in total. The maximum Gasteiger partial charge on any atom is 0.250 e. The average Bonchev–Trinajstić information content (AvgIpc) is 2.28. The van der Waals surface area contributed by atoms with E-state index in [1.807, 2.05) is 0 Å². The molecule has 16 heavy (non-hydrogen) atoms. The molecule has 1 aromatic carbocycles. The van der Waals surface area contributed by atoms with Crippen LogP contribution >= 0.6 is 11.6 Å². The summed E-state index contributed by atoms with van der Waals surface area (Å²) < 4.78 is 0. The zero-order valence-electron chi connectivity index (χ0n) is 8.35. The van der Waals surface area contributed by atoms with E-state index in [0.717, 1.165) is 6.20 Å². The first kappa shape index (κ1) is 12.1. The van der Waals surface area contributed by atoms with Gasteiger partial charge in [0.1, 0.15) is 5.84 Å². The number of rotatable bonds is 3. The summed E-state index contributed by atoms with van der Waals surface area (Å²) in [6, 6.07) is 6.54. The molecule has 0 fully saturated rings. The predicted molar refractivity (Wildman–Crippen MR) is 64.4 cm³/mol. The van der Waals surface area contributed by atoms with Crippen molar-refractivity contribution in [1.82, 2.24) is 0 Å². The molecule has 6 heteroatoms. The molecule has 0 saturated heterocycles. The highest BCUT2D eigenvalue weighted by molar-refractivity contribution is 6.43. The van der Waals surface area contributed by atoms with Crippen molar-refractivity contribution in [2.45, 2.75) is 0 Å². The summed E-state index contributed by atoms with van der Waals surface area (Å²) in [5.41, 5.74) is 16.5. The van der Waals surface area contributed by atoms with Crippen molar-refractivity contribution in [3.8, 4) is 0 Å². The summed E-state index contributed by atoms with van der Waals surface area (Å²) in [6.45, 7) is 0. The van der Waals surface area contributed by atoms with Crippen molar-refractivity contribution >= 4 is 29.0 Å². The van der Waals surface area contributed by atoms with E-state index in [2.05, 4.69) is 4.99 Å². The van der Waals surface area contributed by atoms with E-state index in [9.17, 15) is 4.79 Å². The number of para-hydroxylation sites is 1. The number of carbonyl (C=O) groups is 1. The minimum Gasteiger partial charge on any atom is -0.403 e. The van der Waals surface area contributed by atoms with Gasteiger partial charge >= 0.3 is 0 Å². The first-order valence-electron chi connectivity index (χ1n) is 4.37. The summed E-state index contributed by atoms with van der Waals surface area (Å²) in [5, 5.41) is 0.110. The molecule has 0 atom stereocenters. The minimum absolute atomic E-state index is 0.0258. The van der Waals surface area contributed by atoms with Crippen LogP contribution in [0.5, 0.6) is 0 Å². The normalized spacial score (nSPS) is 12.6. The van der Waals surface area contributed by atoms with E-state index < -0.39 is 5.91 Å². The Morgan fingerprint density at radius 3 is 2.50 bits per heavy atom. The van der Waals surface area contributed by atoms with Gasteiger partial charge in [0.15, 0.2) is 0 Å². The number of carbonyl (C=O) groups excluding carboxylic acids is 1. The van der Waals surface area contributed by atoms with Crippen LogP contribution in [-0.4, -0.2) is 11.7 Å². The minimum atomic E-state index is -0.583. The Hall–Kier alpha value is -2.01. The van der Waals surface area contributed by atoms with Crippen LogP contribution < -0.4 is 17.2 Å². The molecule has 0 aromatic heterocycles. The maximum absolute atomic E-state index is 11.1. The lowest BCUT2D eigenvalue weighted by atomic mass is 10.2. The van der Waals surface area contributed by atoms with Crippen molar-refractivity contribution in [3.05, 3.63) is 41.1 Å². The zero-order valence-corrected chi connectivity index (χ0v) is 9.11. The van der Waals surface area contributed by atoms with E-state index in [0.29, 0.717) is 5.69 Å². The second kappa shape index (κ2) is 5.18. The second-order valence-electron chi connectivity index (χ2n) is 2.89. The van der Waals surface area contributed by atoms with Crippen LogP contribution in [-0.2, 0) is 0 Å². The van der Waals surface area contributed by atoms with Crippen LogP contribution in [0, 0.1) is 0 Å². The summed E-state index contributed by atoms with van der Waals surface area (Å²) >= 11 is 5.66. The molecule has 1 aromatic rings. The van der Waals surface area contributed by atoms with Crippen LogP contribution in [0.15, 0.2) is 40.5 Å². The van der Waals surface area contributed by atoms with E-state index in [1.165, 1.54) is 0 Å². The monoisotopic (exact) mass is 238 g/mol. The molecular formula is C10H11ClN4O. The molecule has 0 bridgehead atoms. The fourth-order valence-corrected chi connectivity index (χ4v) is 1.09. The average molecular weight is 239 g/mol.